The molecule has 0 bridgehead atoms. The van der Waals surface area contributed by atoms with Crippen molar-refractivity contribution in [3.05, 3.63) is 29.6 Å². The molecule has 2 rings (SSSR count). The molecule has 0 amide bonds. The molecule has 3 nitrogen and oxygen atoms in total. The molecular weight excluding hydrogens is 311 g/mol. The normalized spacial score (nSPS) is 14.8. The van der Waals surface area contributed by atoms with E-state index in [-0.39, 0.29) is 11.9 Å². The first-order valence-corrected chi connectivity index (χ1v) is 9.69. The van der Waals surface area contributed by atoms with E-state index in [1.807, 2.05) is 26.0 Å². The predicted molar refractivity (Wildman–Crippen MR) is 98.3 cm³/mol. The van der Waals surface area contributed by atoms with Crippen LogP contribution in [0.4, 0.5) is 4.39 Å². The van der Waals surface area contributed by atoms with Crippen molar-refractivity contribution in [3.8, 4) is 5.75 Å². The molecule has 1 aliphatic rings. The second-order valence-electron chi connectivity index (χ2n) is 5.63. The number of unbranched alkanes of at least 4 members (excludes halogenated alkanes) is 1. The third kappa shape index (κ3) is 8.04. The van der Waals surface area contributed by atoms with Gasteiger partial charge >= 0.3 is 0 Å². The van der Waals surface area contributed by atoms with Gasteiger partial charge in [0.15, 0.2) is 11.6 Å². The molecule has 0 radical (unpaired) electrons. The van der Waals surface area contributed by atoms with E-state index in [4.69, 9.17) is 10.5 Å². The molecule has 1 saturated carbocycles. The fourth-order valence-corrected chi connectivity index (χ4v) is 2.81. The number of nitrogens with two attached hydrogens (primary N) is 1. The Labute approximate surface area is 144 Å². The summed E-state index contributed by atoms with van der Waals surface area (Å²) in [5, 5.41) is 0. The minimum Gasteiger partial charge on any atom is -0.490 e. The van der Waals surface area contributed by atoms with Crippen molar-refractivity contribution in [2.75, 3.05) is 18.9 Å². The minimum atomic E-state index is -0.276. The SMILES string of the molecule is CC.CC(NSCCCCN)c1ccc(F)c(OCC2CC2)c1. The van der Waals surface area contributed by atoms with Crippen LogP contribution in [0.15, 0.2) is 18.2 Å². The van der Waals surface area contributed by atoms with Crippen LogP contribution in [0.5, 0.6) is 5.75 Å². The number of ether oxygens (including phenoxy) is 1. The molecule has 1 fully saturated rings. The van der Waals surface area contributed by atoms with Gasteiger partial charge < -0.3 is 10.5 Å². The number of benzene rings is 1. The molecule has 23 heavy (non-hydrogen) atoms. The van der Waals surface area contributed by atoms with Crippen LogP contribution in [0.3, 0.4) is 0 Å². The molecule has 0 spiro atoms. The van der Waals surface area contributed by atoms with E-state index in [1.165, 1.54) is 18.9 Å². The fraction of sp³-hybridized carbons (Fsp3) is 0.667. The molecule has 132 valence electrons. The van der Waals surface area contributed by atoms with Crippen LogP contribution in [-0.4, -0.2) is 18.9 Å². The Morgan fingerprint density at radius 3 is 2.74 bits per heavy atom. The van der Waals surface area contributed by atoms with E-state index in [2.05, 4.69) is 11.6 Å². The van der Waals surface area contributed by atoms with Crippen LogP contribution in [0.25, 0.3) is 0 Å². The summed E-state index contributed by atoms with van der Waals surface area (Å²) in [5.41, 5.74) is 6.52. The highest BCUT2D eigenvalue weighted by Gasteiger charge is 2.22. The van der Waals surface area contributed by atoms with Gasteiger partial charge in [-0.05, 0) is 62.8 Å². The Hall–Kier alpha value is -0.780. The summed E-state index contributed by atoms with van der Waals surface area (Å²) in [6.45, 7) is 7.46. The monoisotopic (exact) mass is 342 g/mol. The van der Waals surface area contributed by atoms with Gasteiger partial charge in [-0.3, -0.25) is 4.72 Å². The fourth-order valence-electron chi connectivity index (χ4n) is 1.96. The lowest BCUT2D eigenvalue weighted by atomic mass is 10.1. The summed E-state index contributed by atoms with van der Waals surface area (Å²) in [5.74, 6) is 1.76. The maximum absolute atomic E-state index is 13.7. The van der Waals surface area contributed by atoms with E-state index in [1.54, 1.807) is 11.9 Å². The Morgan fingerprint density at radius 2 is 2.09 bits per heavy atom. The van der Waals surface area contributed by atoms with E-state index in [0.717, 1.165) is 30.7 Å². The summed E-state index contributed by atoms with van der Waals surface area (Å²) in [4.78, 5) is 0. The molecule has 0 saturated heterocycles. The van der Waals surface area contributed by atoms with Gasteiger partial charge in [0.05, 0.1) is 6.61 Å². The Bertz CT molecular complexity index is 441. The molecule has 0 aromatic heterocycles. The first-order valence-electron chi connectivity index (χ1n) is 8.70. The zero-order valence-corrected chi connectivity index (χ0v) is 15.4. The summed E-state index contributed by atoms with van der Waals surface area (Å²) in [6.07, 6.45) is 4.58. The molecule has 5 heteroatoms. The smallest absolute Gasteiger partial charge is 0.165 e. The Morgan fingerprint density at radius 1 is 1.35 bits per heavy atom. The number of hydrogen-bond acceptors (Lipinski definition) is 4. The third-order valence-corrected chi connectivity index (χ3v) is 4.60. The summed E-state index contributed by atoms with van der Waals surface area (Å²) in [7, 11) is 0. The van der Waals surface area contributed by atoms with Gasteiger partial charge in [-0.1, -0.05) is 31.9 Å². The average Bonchev–Trinajstić information content (AvgIpc) is 3.40. The molecule has 1 aromatic rings. The van der Waals surface area contributed by atoms with Crippen molar-refractivity contribution in [1.82, 2.24) is 4.72 Å². The second kappa shape index (κ2) is 11.7. The van der Waals surface area contributed by atoms with Crippen molar-refractivity contribution in [1.29, 1.82) is 0 Å². The minimum absolute atomic E-state index is 0.164. The number of halogens is 1. The highest BCUT2D eigenvalue weighted by molar-refractivity contribution is 7.97. The van der Waals surface area contributed by atoms with Crippen LogP contribution >= 0.6 is 11.9 Å². The van der Waals surface area contributed by atoms with Gasteiger partial charge in [0.25, 0.3) is 0 Å². The predicted octanol–water partition coefficient (Wildman–Crippen LogP) is 4.68. The molecule has 0 heterocycles. The van der Waals surface area contributed by atoms with Gasteiger partial charge in [0, 0.05) is 11.8 Å². The van der Waals surface area contributed by atoms with E-state index in [9.17, 15) is 4.39 Å². The van der Waals surface area contributed by atoms with E-state index < -0.39 is 0 Å². The molecule has 3 N–H and O–H groups in total. The van der Waals surface area contributed by atoms with Crippen LogP contribution in [0, 0.1) is 11.7 Å². The first-order chi connectivity index (χ1) is 11.2. The molecule has 1 atom stereocenters. The quantitative estimate of drug-likeness (QED) is 0.479. The van der Waals surface area contributed by atoms with Gasteiger partial charge in [-0.25, -0.2) is 4.39 Å². The highest BCUT2D eigenvalue weighted by atomic mass is 32.2. The molecule has 1 aromatic carbocycles. The van der Waals surface area contributed by atoms with Crippen molar-refractivity contribution < 1.29 is 9.13 Å². The maximum atomic E-state index is 13.7. The van der Waals surface area contributed by atoms with Crippen LogP contribution in [0.2, 0.25) is 0 Å². The summed E-state index contributed by atoms with van der Waals surface area (Å²) in [6, 6.07) is 5.29. The maximum Gasteiger partial charge on any atom is 0.165 e. The lowest BCUT2D eigenvalue weighted by Crippen LogP contribution is -2.12. The van der Waals surface area contributed by atoms with Crippen LogP contribution in [-0.2, 0) is 0 Å². The van der Waals surface area contributed by atoms with Gasteiger partial charge in [-0.15, -0.1) is 0 Å². The van der Waals surface area contributed by atoms with E-state index in [0.29, 0.717) is 18.3 Å². The largest absolute Gasteiger partial charge is 0.490 e. The number of hydrogen-bond donors (Lipinski definition) is 2. The summed E-state index contributed by atoms with van der Waals surface area (Å²) < 4.78 is 22.7. The molecule has 0 aliphatic heterocycles. The van der Waals surface area contributed by atoms with Crippen molar-refractivity contribution in [3.63, 3.8) is 0 Å². The van der Waals surface area contributed by atoms with E-state index >= 15 is 0 Å². The van der Waals surface area contributed by atoms with Gasteiger partial charge in [0.1, 0.15) is 0 Å². The zero-order valence-electron chi connectivity index (χ0n) is 14.6. The molecular formula is C18H31FN2OS. The lowest BCUT2D eigenvalue weighted by molar-refractivity contribution is 0.285. The van der Waals surface area contributed by atoms with Crippen molar-refractivity contribution in [2.45, 2.75) is 52.5 Å². The number of nitrogens with one attached hydrogen (secondary N) is 1. The Balaban J connectivity index is 0.00000127. The summed E-state index contributed by atoms with van der Waals surface area (Å²) >= 11 is 1.69. The van der Waals surface area contributed by atoms with Crippen molar-refractivity contribution in [2.24, 2.45) is 11.7 Å². The van der Waals surface area contributed by atoms with Gasteiger partial charge in [-0.2, -0.15) is 0 Å². The van der Waals surface area contributed by atoms with Crippen LogP contribution < -0.4 is 15.2 Å². The highest BCUT2D eigenvalue weighted by Crippen LogP contribution is 2.31. The van der Waals surface area contributed by atoms with Gasteiger partial charge in [0.2, 0.25) is 0 Å². The Kier molecular flexibility index (Phi) is 10.3. The topological polar surface area (TPSA) is 47.3 Å². The molecule has 1 unspecified atom stereocenters. The van der Waals surface area contributed by atoms with Crippen molar-refractivity contribution >= 4 is 11.9 Å². The standard InChI is InChI=1S/C16H25FN2OS.C2H6/c1-12(19-21-9-3-2-8-18)14-6-7-15(17)16(10-14)20-11-13-4-5-13;1-2/h6-7,10,12-13,19H,2-5,8-9,11,18H2,1H3;1-2H3. The third-order valence-electron chi connectivity index (χ3n) is 3.59. The van der Waals surface area contributed by atoms with Crippen LogP contribution in [0.1, 0.15) is 58.1 Å². The zero-order chi connectivity index (χ0) is 17.1. The second-order valence-corrected chi connectivity index (χ2v) is 6.56. The molecule has 1 aliphatic carbocycles. The average molecular weight is 343 g/mol. The lowest BCUT2D eigenvalue weighted by Gasteiger charge is -2.15. The number of rotatable bonds is 10. The first kappa shape index (κ1) is 20.3.